The van der Waals surface area contributed by atoms with Gasteiger partial charge in [-0.25, -0.2) is 0 Å². The monoisotopic (exact) mass is 229 g/mol. The molecule has 1 saturated heterocycles. The lowest BCUT2D eigenvalue weighted by molar-refractivity contribution is 0.0993. The predicted molar refractivity (Wildman–Crippen MR) is 58.0 cm³/mol. The molecule has 2 rings (SSSR count). The van der Waals surface area contributed by atoms with E-state index >= 15 is 0 Å². The topological polar surface area (TPSA) is 39.9 Å². The van der Waals surface area contributed by atoms with Crippen molar-refractivity contribution in [3.8, 4) is 0 Å². The summed E-state index contributed by atoms with van der Waals surface area (Å²) >= 11 is 5.63. The van der Waals surface area contributed by atoms with Crippen LogP contribution in [0, 0.1) is 0 Å². The summed E-state index contributed by atoms with van der Waals surface area (Å²) in [5, 5.41) is 8.09. The molecule has 2 heterocycles. The zero-order chi connectivity index (χ0) is 10.5. The SMILES string of the molecule is ClCCc1cn(CCC2CCCO2)nn1. The van der Waals surface area contributed by atoms with Crippen molar-refractivity contribution in [1.82, 2.24) is 15.0 Å². The highest BCUT2D eigenvalue weighted by molar-refractivity contribution is 6.17. The first-order valence-corrected chi connectivity index (χ1v) is 5.98. The van der Waals surface area contributed by atoms with Crippen LogP contribution in [0.5, 0.6) is 0 Å². The van der Waals surface area contributed by atoms with E-state index in [2.05, 4.69) is 10.3 Å². The second-order valence-corrected chi connectivity index (χ2v) is 4.21. The summed E-state index contributed by atoms with van der Waals surface area (Å²) in [6.07, 6.45) is 6.59. The summed E-state index contributed by atoms with van der Waals surface area (Å²) in [6.45, 7) is 1.81. The van der Waals surface area contributed by atoms with Gasteiger partial charge in [0.1, 0.15) is 0 Å². The average molecular weight is 230 g/mol. The van der Waals surface area contributed by atoms with Gasteiger partial charge >= 0.3 is 0 Å². The van der Waals surface area contributed by atoms with Crippen LogP contribution in [-0.2, 0) is 17.7 Å². The van der Waals surface area contributed by atoms with Crippen LogP contribution in [0.1, 0.15) is 25.0 Å². The van der Waals surface area contributed by atoms with E-state index in [1.807, 2.05) is 10.9 Å². The van der Waals surface area contributed by atoms with Crippen molar-refractivity contribution in [2.45, 2.75) is 38.3 Å². The quantitative estimate of drug-likeness (QED) is 0.721. The molecule has 5 heteroatoms. The maximum Gasteiger partial charge on any atom is 0.0839 e. The van der Waals surface area contributed by atoms with E-state index in [9.17, 15) is 0 Å². The molecule has 0 bridgehead atoms. The highest BCUT2D eigenvalue weighted by Gasteiger charge is 2.15. The zero-order valence-electron chi connectivity index (χ0n) is 8.73. The minimum atomic E-state index is 0.422. The van der Waals surface area contributed by atoms with E-state index < -0.39 is 0 Å². The molecule has 1 aromatic heterocycles. The standard InChI is InChI=1S/C10H16ClN3O/c11-5-3-9-8-14(13-12-9)6-4-10-2-1-7-15-10/h8,10H,1-7H2. The van der Waals surface area contributed by atoms with Gasteiger partial charge in [-0.05, 0) is 19.3 Å². The van der Waals surface area contributed by atoms with E-state index in [0.29, 0.717) is 12.0 Å². The molecule has 0 aliphatic carbocycles. The number of hydrogen-bond acceptors (Lipinski definition) is 3. The third-order valence-corrected chi connectivity index (χ3v) is 2.83. The number of halogens is 1. The summed E-state index contributed by atoms with van der Waals surface area (Å²) < 4.78 is 7.42. The van der Waals surface area contributed by atoms with E-state index in [0.717, 1.165) is 31.7 Å². The average Bonchev–Trinajstić information content (AvgIpc) is 2.85. The van der Waals surface area contributed by atoms with Gasteiger partial charge in [0.25, 0.3) is 0 Å². The smallest absolute Gasteiger partial charge is 0.0839 e. The third-order valence-electron chi connectivity index (χ3n) is 2.64. The molecule has 1 fully saturated rings. The van der Waals surface area contributed by atoms with Crippen molar-refractivity contribution in [1.29, 1.82) is 0 Å². The van der Waals surface area contributed by atoms with Crippen molar-refractivity contribution in [3.63, 3.8) is 0 Å². The molecule has 0 N–H and O–H groups in total. The van der Waals surface area contributed by atoms with Crippen LogP contribution in [0.2, 0.25) is 0 Å². The highest BCUT2D eigenvalue weighted by atomic mass is 35.5. The molecule has 1 atom stereocenters. The Morgan fingerprint density at radius 2 is 2.53 bits per heavy atom. The molecule has 0 radical (unpaired) electrons. The van der Waals surface area contributed by atoms with Crippen LogP contribution in [0.3, 0.4) is 0 Å². The van der Waals surface area contributed by atoms with Crippen LogP contribution in [-0.4, -0.2) is 33.6 Å². The highest BCUT2D eigenvalue weighted by Crippen LogP contribution is 2.15. The normalized spacial score (nSPS) is 21.0. The zero-order valence-corrected chi connectivity index (χ0v) is 9.49. The summed E-state index contributed by atoms with van der Waals surface area (Å²) in [7, 11) is 0. The Hall–Kier alpha value is -0.610. The molecule has 0 spiro atoms. The Labute approximate surface area is 94.6 Å². The molecule has 84 valence electrons. The molecule has 0 saturated carbocycles. The lowest BCUT2D eigenvalue weighted by atomic mass is 10.2. The molecule has 1 unspecified atom stereocenters. The Kier molecular flexibility index (Phi) is 3.97. The van der Waals surface area contributed by atoms with E-state index in [-0.39, 0.29) is 0 Å². The molecule has 4 nitrogen and oxygen atoms in total. The first-order valence-electron chi connectivity index (χ1n) is 5.45. The first kappa shape index (κ1) is 10.9. The molecular formula is C10H16ClN3O. The number of alkyl halides is 1. The van der Waals surface area contributed by atoms with Gasteiger partial charge in [-0.3, -0.25) is 4.68 Å². The molecule has 0 aromatic carbocycles. The molecular weight excluding hydrogens is 214 g/mol. The molecule has 0 amide bonds. The van der Waals surface area contributed by atoms with Crippen molar-refractivity contribution in [2.75, 3.05) is 12.5 Å². The summed E-state index contributed by atoms with van der Waals surface area (Å²) in [5.41, 5.74) is 0.970. The Morgan fingerprint density at radius 3 is 3.27 bits per heavy atom. The summed E-state index contributed by atoms with van der Waals surface area (Å²) in [5.74, 6) is 0.602. The first-order chi connectivity index (χ1) is 7.38. The Morgan fingerprint density at radius 1 is 1.60 bits per heavy atom. The van der Waals surface area contributed by atoms with E-state index in [4.69, 9.17) is 16.3 Å². The van der Waals surface area contributed by atoms with Gasteiger partial charge in [-0.15, -0.1) is 16.7 Å². The fraction of sp³-hybridized carbons (Fsp3) is 0.800. The largest absolute Gasteiger partial charge is 0.378 e. The van der Waals surface area contributed by atoms with Gasteiger partial charge in [-0.2, -0.15) is 0 Å². The summed E-state index contributed by atoms with van der Waals surface area (Å²) in [4.78, 5) is 0. The van der Waals surface area contributed by atoms with Gasteiger partial charge in [0.15, 0.2) is 0 Å². The van der Waals surface area contributed by atoms with E-state index in [1.165, 1.54) is 12.8 Å². The lowest BCUT2D eigenvalue weighted by Gasteiger charge is -2.07. The number of ether oxygens (including phenoxy) is 1. The fourth-order valence-electron chi connectivity index (χ4n) is 1.81. The Balaban J connectivity index is 1.77. The van der Waals surface area contributed by atoms with E-state index in [1.54, 1.807) is 0 Å². The number of aryl methyl sites for hydroxylation is 2. The van der Waals surface area contributed by atoms with Crippen molar-refractivity contribution < 1.29 is 4.74 Å². The van der Waals surface area contributed by atoms with Gasteiger partial charge in [0.05, 0.1) is 11.8 Å². The number of rotatable bonds is 5. The van der Waals surface area contributed by atoms with Crippen molar-refractivity contribution in [3.05, 3.63) is 11.9 Å². The summed E-state index contributed by atoms with van der Waals surface area (Å²) in [6, 6.07) is 0. The second kappa shape index (κ2) is 5.47. The lowest BCUT2D eigenvalue weighted by Crippen LogP contribution is -2.10. The fourth-order valence-corrected chi connectivity index (χ4v) is 2.00. The minimum absolute atomic E-state index is 0.422. The van der Waals surface area contributed by atoms with Crippen molar-refractivity contribution >= 4 is 11.6 Å². The van der Waals surface area contributed by atoms with Crippen LogP contribution >= 0.6 is 11.6 Å². The van der Waals surface area contributed by atoms with Crippen LogP contribution in [0.25, 0.3) is 0 Å². The molecule has 1 aromatic rings. The Bertz CT molecular complexity index is 297. The maximum absolute atomic E-state index is 5.63. The molecule has 15 heavy (non-hydrogen) atoms. The number of nitrogens with zero attached hydrogens (tertiary/aromatic N) is 3. The molecule has 1 aliphatic rings. The molecule has 1 aliphatic heterocycles. The van der Waals surface area contributed by atoms with Gasteiger partial charge in [0.2, 0.25) is 0 Å². The van der Waals surface area contributed by atoms with Gasteiger partial charge in [0, 0.05) is 31.6 Å². The predicted octanol–water partition coefficient (Wildman–Crippen LogP) is 1.63. The number of aromatic nitrogens is 3. The van der Waals surface area contributed by atoms with Crippen LogP contribution in [0.4, 0.5) is 0 Å². The minimum Gasteiger partial charge on any atom is -0.378 e. The van der Waals surface area contributed by atoms with Gasteiger partial charge in [-0.1, -0.05) is 5.21 Å². The van der Waals surface area contributed by atoms with Crippen LogP contribution in [0.15, 0.2) is 6.20 Å². The van der Waals surface area contributed by atoms with Crippen LogP contribution < -0.4 is 0 Å². The maximum atomic E-state index is 5.63. The third kappa shape index (κ3) is 3.18. The van der Waals surface area contributed by atoms with Crippen molar-refractivity contribution in [2.24, 2.45) is 0 Å². The second-order valence-electron chi connectivity index (χ2n) is 3.84. The number of hydrogen-bond donors (Lipinski definition) is 0. The van der Waals surface area contributed by atoms with Gasteiger partial charge < -0.3 is 4.74 Å².